The van der Waals surface area contributed by atoms with E-state index >= 15 is 0 Å². The van der Waals surface area contributed by atoms with Gasteiger partial charge in [0.05, 0.1) is 18.8 Å². The van der Waals surface area contributed by atoms with Crippen molar-refractivity contribution >= 4 is 0 Å². The third-order valence-corrected chi connectivity index (χ3v) is 12.0. The second-order valence-corrected chi connectivity index (χ2v) is 13.3. The van der Waals surface area contributed by atoms with Gasteiger partial charge < -0.3 is 20.3 Å². The molecule has 0 aromatic rings. The van der Waals surface area contributed by atoms with Gasteiger partial charge in [-0.05, 0) is 97.7 Å². The molecule has 6 fully saturated rings. The van der Waals surface area contributed by atoms with E-state index in [-0.39, 0.29) is 17.9 Å². The van der Waals surface area contributed by atoms with Crippen LogP contribution in [0.2, 0.25) is 0 Å². The molecule has 0 radical (unpaired) electrons. The van der Waals surface area contributed by atoms with Gasteiger partial charge in [-0.25, -0.2) is 0 Å². The molecule has 2 heterocycles. The maximum absolute atomic E-state index is 10.4. The molecule has 13 atom stereocenters. The molecule has 6 rings (SSSR count). The molecule has 6 aliphatic rings. The summed E-state index contributed by atoms with van der Waals surface area (Å²) in [5, 5.41) is 10.4. The number of rotatable bonds is 0. The van der Waals surface area contributed by atoms with Gasteiger partial charge in [0.1, 0.15) is 0 Å². The Labute approximate surface area is 189 Å². The van der Waals surface area contributed by atoms with Crippen LogP contribution < -0.4 is 5.73 Å². The summed E-state index contributed by atoms with van der Waals surface area (Å²) in [6.07, 6.45) is 10.6. The highest BCUT2D eigenvalue weighted by molar-refractivity contribution is 5.16. The first-order chi connectivity index (χ1) is 14.7. The molecule has 176 valence electrons. The van der Waals surface area contributed by atoms with E-state index in [0.29, 0.717) is 40.6 Å². The Morgan fingerprint density at radius 3 is 2.39 bits per heavy atom. The quantitative estimate of drug-likeness (QED) is 0.582. The van der Waals surface area contributed by atoms with Crippen molar-refractivity contribution in [2.24, 2.45) is 58.0 Å². The summed E-state index contributed by atoms with van der Waals surface area (Å²) in [4.78, 5) is 0. The lowest BCUT2D eigenvalue weighted by atomic mass is 9.43. The summed E-state index contributed by atoms with van der Waals surface area (Å²) in [6, 6.07) is 0.247. The third-order valence-electron chi connectivity index (χ3n) is 12.0. The van der Waals surface area contributed by atoms with Crippen molar-refractivity contribution in [3.05, 3.63) is 0 Å². The Bertz CT molecular complexity index is 719. The number of hydrogen-bond acceptors (Lipinski definition) is 4. The Morgan fingerprint density at radius 1 is 0.871 bits per heavy atom. The Morgan fingerprint density at radius 2 is 1.65 bits per heavy atom. The normalized spacial score (nSPS) is 63.3. The summed E-state index contributed by atoms with van der Waals surface area (Å²) in [5.74, 6) is 4.20. The van der Waals surface area contributed by atoms with Crippen LogP contribution in [-0.2, 0) is 9.47 Å². The average molecular weight is 432 g/mol. The molecule has 0 aromatic heterocycles. The third kappa shape index (κ3) is 2.80. The zero-order valence-electron chi connectivity index (χ0n) is 20.2. The molecule has 4 aliphatic carbocycles. The second-order valence-electron chi connectivity index (χ2n) is 13.3. The Balaban J connectivity index is 1.28. The fourth-order valence-electron chi connectivity index (χ4n) is 10.4. The van der Waals surface area contributed by atoms with Gasteiger partial charge in [-0.1, -0.05) is 27.7 Å². The topological polar surface area (TPSA) is 64.7 Å². The lowest BCUT2D eigenvalue weighted by Crippen LogP contribution is -2.60. The van der Waals surface area contributed by atoms with Crippen molar-refractivity contribution in [1.82, 2.24) is 0 Å². The van der Waals surface area contributed by atoms with Gasteiger partial charge >= 0.3 is 0 Å². The highest BCUT2D eigenvalue weighted by Crippen LogP contribution is 2.71. The van der Waals surface area contributed by atoms with Crippen LogP contribution in [0.1, 0.15) is 85.5 Å². The molecule has 4 heteroatoms. The van der Waals surface area contributed by atoms with Crippen LogP contribution in [0.4, 0.5) is 0 Å². The molecule has 1 spiro atoms. The van der Waals surface area contributed by atoms with E-state index in [1.165, 1.54) is 25.7 Å². The monoisotopic (exact) mass is 431 g/mol. The van der Waals surface area contributed by atoms with E-state index in [1.807, 2.05) is 0 Å². The predicted molar refractivity (Wildman–Crippen MR) is 121 cm³/mol. The summed E-state index contributed by atoms with van der Waals surface area (Å²) in [7, 11) is 0. The zero-order valence-corrected chi connectivity index (χ0v) is 20.2. The van der Waals surface area contributed by atoms with Crippen LogP contribution in [0.5, 0.6) is 0 Å². The number of aliphatic hydroxyl groups is 1. The van der Waals surface area contributed by atoms with Crippen molar-refractivity contribution in [2.45, 2.75) is 110 Å². The number of ether oxygens (including phenoxy) is 2. The molecule has 0 amide bonds. The first-order valence-corrected chi connectivity index (χ1v) is 13.4. The summed E-state index contributed by atoms with van der Waals surface area (Å²) >= 11 is 0. The standard InChI is InChI=1S/C27H45NO3/c1-15-5-10-27(30-14-15)16(2)24-23(31-27)13-20-18-12-22(28)21-11-17(29)6-8-25(21,3)19(18)7-9-26(20,24)4/h15-24,29H,5-14,28H2,1-4H3/t15-,16+,17+,18-,19+,20+,21-,22+,23+,24+,25-,26+,27-/m1/s1. The Kier molecular flexibility index (Phi) is 4.78. The molecule has 0 bridgehead atoms. The SMILES string of the molecule is C[C@@H]1CC[C@@]2(OC1)O[C@H]1C[C@H]3[C@@H]4C[C@H](N)[C@H]5C[C@@H](O)CC[C@]5(C)[C@H]4CC[C@]3(C)[C@H]1[C@@H]2C. The van der Waals surface area contributed by atoms with Crippen LogP contribution in [-0.4, -0.2) is 35.8 Å². The number of aliphatic hydroxyl groups excluding tert-OH is 1. The maximum atomic E-state index is 10.4. The van der Waals surface area contributed by atoms with E-state index < -0.39 is 0 Å². The van der Waals surface area contributed by atoms with E-state index in [2.05, 4.69) is 27.7 Å². The predicted octanol–water partition coefficient (Wildman–Crippen LogP) is 4.73. The van der Waals surface area contributed by atoms with E-state index in [9.17, 15) is 5.11 Å². The van der Waals surface area contributed by atoms with Gasteiger partial charge in [0.15, 0.2) is 5.79 Å². The number of nitrogens with two attached hydrogens (primary N) is 1. The van der Waals surface area contributed by atoms with Crippen molar-refractivity contribution in [3.63, 3.8) is 0 Å². The molecule has 2 aliphatic heterocycles. The van der Waals surface area contributed by atoms with E-state index in [0.717, 1.165) is 56.5 Å². The minimum Gasteiger partial charge on any atom is -0.393 e. The molecular formula is C27H45NO3. The summed E-state index contributed by atoms with van der Waals surface area (Å²) in [5.41, 5.74) is 7.55. The van der Waals surface area contributed by atoms with Crippen LogP contribution in [0, 0.1) is 52.3 Å². The first-order valence-electron chi connectivity index (χ1n) is 13.4. The minimum absolute atomic E-state index is 0.135. The maximum Gasteiger partial charge on any atom is 0.171 e. The fourth-order valence-corrected chi connectivity index (χ4v) is 10.4. The molecule has 0 unspecified atom stereocenters. The fraction of sp³-hybridized carbons (Fsp3) is 1.00. The molecular weight excluding hydrogens is 386 g/mol. The highest BCUT2D eigenvalue weighted by Gasteiger charge is 2.69. The van der Waals surface area contributed by atoms with Crippen LogP contribution in [0.15, 0.2) is 0 Å². The molecule has 3 N–H and O–H groups in total. The van der Waals surface area contributed by atoms with Gasteiger partial charge in [-0.2, -0.15) is 0 Å². The molecule has 4 saturated carbocycles. The van der Waals surface area contributed by atoms with Crippen molar-refractivity contribution < 1.29 is 14.6 Å². The van der Waals surface area contributed by atoms with Crippen LogP contribution >= 0.6 is 0 Å². The Hall–Kier alpha value is -0.160. The smallest absolute Gasteiger partial charge is 0.171 e. The number of fused-ring (bicyclic) bond motifs is 7. The van der Waals surface area contributed by atoms with Gasteiger partial charge in [0.2, 0.25) is 0 Å². The van der Waals surface area contributed by atoms with Gasteiger partial charge in [-0.3, -0.25) is 0 Å². The molecule has 4 nitrogen and oxygen atoms in total. The second kappa shape index (κ2) is 6.93. The van der Waals surface area contributed by atoms with Crippen molar-refractivity contribution in [2.75, 3.05) is 6.61 Å². The van der Waals surface area contributed by atoms with Gasteiger partial charge in [-0.15, -0.1) is 0 Å². The van der Waals surface area contributed by atoms with Crippen molar-refractivity contribution in [3.8, 4) is 0 Å². The lowest BCUT2D eigenvalue weighted by Gasteiger charge is -2.62. The van der Waals surface area contributed by atoms with E-state index in [1.54, 1.807) is 0 Å². The van der Waals surface area contributed by atoms with Crippen LogP contribution in [0.3, 0.4) is 0 Å². The summed E-state index contributed by atoms with van der Waals surface area (Å²) in [6.45, 7) is 10.7. The minimum atomic E-state index is -0.313. The van der Waals surface area contributed by atoms with Crippen molar-refractivity contribution in [1.29, 1.82) is 0 Å². The van der Waals surface area contributed by atoms with Crippen LogP contribution in [0.25, 0.3) is 0 Å². The van der Waals surface area contributed by atoms with Gasteiger partial charge in [0, 0.05) is 18.4 Å². The zero-order chi connectivity index (χ0) is 21.8. The largest absolute Gasteiger partial charge is 0.393 e. The highest BCUT2D eigenvalue weighted by atomic mass is 16.7. The van der Waals surface area contributed by atoms with Gasteiger partial charge in [0.25, 0.3) is 0 Å². The lowest BCUT2D eigenvalue weighted by molar-refractivity contribution is -0.273. The first kappa shape index (κ1) is 21.4. The molecule has 0 aromatic carbocycles. The summed E-state index contributed by atoms with van der Waals surface area (Å²) < 4.78 is 13.4. The number of hydrogen-bond donors (Lipinski definition) is 2. The van der Waals surface area contributed by atoms with E-state index in [4.69, 9.17) is 15.2 Å². The molecule has 2 saturated heterocycles. The average Bonchev–Trinajstić information content (AvgIpc) is 3.17. The molecule has 31 heavy (non-hydrogen) atoms.